The van der Waals surface area contributed by atoms with Crippen molar-refractivity contribution in [3.63, 3.8) is 0 Å². The van der Waals surface area contributed by atoms with E-state index in [0.29, 0.717) is 17.6 Å². The molecule has 13 rings (SSSR count). The molecule has 0 amide bonds. The third-order valence-electron chi connectivity index (χ3n) is 12.2. The first-order valence-electron chi connectivity index (χ1n) is 20.5. The fourth-order valence-electron chi connectivity index (χ4n) is 9.55. The van der Waals surface area contributed by atoms with Crippen LogP contribution in [0.4, 0.5) is 0 Å². The summed E-state index contributed by atoms with van der Waals surface area (Å²) < 4.78 is 4.65. The third-order valence-corrected chi connectivity index (χ3v) is 13.3. The largest absolute Gasteiger partial charge is 0.309 e. The van der Waals surface area contributed by atoms with E-state index < -0.39 is 0 Å². The molecular weight excluding hydrogens is 763 g/mol. The summed E-state index contributed by atoms with van der Waals surface area (Å²) in [6, 6.07) is 71.4. The molecule has 0 spiro atoms. The summed E-state index contributed by atoms with van der Waals surface area (Å²) >= 11 is 1.88. The Morgan fingerprint density at radius 2 is 0.934 bits per heavy atom. The van der Waals surface area contributed by atoms with Gasteiger partial charge in [0.15, 0.2) is 11.6 Å². The van der Waals surface area contributed by atoms with Gasteiger partial charge in [-0.15, -0.1) is 0 Å². The maximum Gasteiger partial charge on any atom is 0.238 e. The summed E-state index contributed by atoms with van der Waals surface area (Å²) in [6.07, 6.45) is 0. The van der Waals surface area contributed by atoms with Crippen molar-refractivity contribution in [2.24, 2.45) is 0 Å². The Balaban J connectivity index is 1.08. The molecule has 0 aliphatic carbocycles. The average Bonchev–Trinajstić information content (AvgIpc) is 3.85. The first-order chi connectivity index (χ1) is 30.3. The van der Waals surface area contributed by atoms with Gasteiger partial charge in [0.2, 0.25) is 5.95 Å². The molecule has 5 nitrogen and oxygen atoms in total. The number of aromatic nitrogens is 5. The van der Waals surface area contributed by atoms with Crippen LogP contribution in [0.25, 0.3) is 111 Å². The van der Waals surface area contributed by atoms with E-state index in [1.807, 2.05) is 48.2 Å². The van der Waals surface area contributed by atoms with Gasteiger partial charge in [0.25, 0.3) is 0 Å². The molecule has 0 radical (unpaired) electrons. The molecule has 1 aliphatic heterocycles. The number of benzene rings is 9. The highest BCUT2D eigenvalue weighted by Crippen LogP contribution is 2.52. The van der Waals surface area contributed by atoms with Crippen molar-refractivity contribution in [2.75, 3.05) is 0 Å². The predicted molar refractivity (Wildman–Crippen MR) is 252 cm³/mol. The molecule has 61 heavy (non-hydrogen) atoms. The maximum absolute atomic E-state index is 5.19. The van der Waals surface area contributed by atoms with Crippen LogP contribution in [0.3, 0.4) is 0 Å². The minimum atomic E-state index is 0.580. The zero-order chi connectivity index (χ0) is 40.0. The number of fused-ring (bicyclic) bond motifs is 9. The number of hydrogen-bond acceptors (Lipinski definition) is 4. The summed E-state index contributed by atoms with van der Waals surface area (Å²) in [4.78, 5) is 18.0. The van der Waals surface area contributed by atoms with Crippen molar-refractivity contribution in [3.05, 3.63) is 200 Å². The molecule has 1 aliphatic rings. The molecule has 0 atom stereocenters. The van der Waals surface area contributed by atoms with Crippen LogP contribution in [0.2, 0.25) is 0 Å². The molecule has 0 saturated heterocycles. The standard InChI is InChI=1S/C55H33N5S/c1-4-16-34(17-5-1)53-56-54(35-18-6-2-7-19-35)58-55(57-53)60-44-27-12-10-23-41(44)50-38(24-15-28-46(50)60)36-30-31-45-43(32-36)51-42-26-14-25-40-39-22-11-13-29-48(39)61-49(52(40)42)33-47(51)59(45)37-20-8-3-9-21-37/h1-33H. The Morgan fingerprint density at radius 1 is 0.328 bits per heavy atom. The van der Waals surface area contributed by atoms with Crippen LogP contribution in [0.15, 0.2) is 210 Å². The van der Waals surface area contributed by atoms with E-state index in [1.165, 1.54) is 53.5 Å². The lowest BCUT2D eigenvalue weighted by molar-refractivity contribution is 0.953. The molecule has 3 aromatic heterocycles. The van der Waals surface area contributed by atoms with E-state index in [1.54, 1.807) is 0 Å². The van der Waals surface area contributed by atoms with Gasteiger partial charge in [-0.2, -0.15) is 9.97 Å². The van der Waals surface area contributed by atoms with Gasteiger partial charge >= 0.3 is 0 Å². The number of hydrogen-bond donors (Lipinski definition) is 0. The normalized spacial score (nSPS) is 12.2. The second kappa shape index (κ2) is 13.4. The van der Waals surface area contributed by atoms with Gasteiger partial charge in [-0.05, 0) is 76.2 Å². The summed E-state index contributed by atoms with van der Waals surface area (Å²) in [5, 5.41) is 7.38. The quantitative estimate of drug-likeness (QED) is 0.174. The maximum atomic E-state index is 5.19. The summed E-state index contributed by atoms with van der Waals surface area (Å²) in [5.41, 5.74) is 12.4. The number of nitrogens with zero attached hydrogens (tertiary/aromatic N) is 5. The SMILES string of the molecule is c1ccc(-c2nc(-c3ccccc3)nc(-n3c4ccccc4c4c(-c5ccc6c(c5)c5c7cccc8c7c(cc5n6-c5ccccc5)Sc5ccccc5-8)cccc43)n2)cc1. The second-order valence-electron chi connectivity index (χ2n) is 15.6. The summed E-state index contributed by atoms with van der Waals surface area (Å²) in [6.45, 7) is 0. The van der Waals surface area contributed by atoms with Crippen molar-refractivity contribution >= 4 is 66.1 Å². The molecular formula is C55H33N5S. The molecule has 12 aromatic rings. The van der Waals surface area contributed by atoms with E-state index in [2.05, 4.69) is 173 Å². The Kier molecular flexibility index (Phi) is 7.47. The molecule has 9 aromatic carbocycles. The summed E-state index contributed by atoms with van der Waals surface area (Å²) in [5.74, 6) is 1.84. The zero-order valence-corrected chi connectivity index (χ0v) is 33.5. The molecule has 0 unspecified atom stereocenters. The van der Waals surface area contributed by atoms with E-state index in [-0.39, 0.29) is 0 Å². The van der Waals surface area contributed by atoms with Gasteiger partial charge in [0.1, 0.15) is 0 Å². The molecule has 284 valence electrons. The molecule has 4 heterocycles. The fourth-order valence-corrected chi connectivity index (χ4v) is 10.7. The number of rotatable bonds is 5. The topological polar surface area (TPSA) is 48.5 Å². The van der Waals surface area contributed by atoms with E-state index in [9.17, 15) is 0 Å². The third kappa shape index (κ3) is 5.19. The van der Waals surface area contributed by atoms with Crippen molar-refractivity contribution in [1.29, 1.82) is 0 Å². The van der Waals surface area contributed by atoms with Crippen LogP contribution >= 0.6 is 11.8 Å². The second-order valence-corrected chi connectivity index (χ2v) is 16.6. The van der Waals surface area contributed by atoms with E-state index in [0.717, 1.165) is 49.7 Å². The molecule has 0 fully saturated rings. The minimum Gasteiger partial charge on any atom is -0.309 e. The van der Waals surface area contributed by atoms with Gasteiger partial charge in [0, 0.05) is 53.5 Å². The lowest BCUT2D eigenvalue weighted by Gasteiger charge is -2.21. The average molecular weight is 796 g/mol. The smallest absolute Gasteiger partial charge is 0.238 e. The molecule has 0 saturated carbocycles. The van der Waals surface area contributed by atoms with Crippen LogP contribution in [0, 0.1) is 0 Å². The van der Waals surface area contributed by atoms with E-state index in [4.69, 9.17) is 15.0 Å². The van der Waals surface area contributed by atoms with Gasteiger partial charge in [0.05, 0.1) is 22.1 Å². The Morgan fingerprint density at radius 3 is 1.72 bits per heavy atom. The lowest BCUT2D eigenvalue weighted by atomic mass is 9.94. The highest BCUT2D eigenvalue weighted by molar-refractivity contribution is 7.99. The number of para-hydroxylation sites is 2. The van der Waals surface area contributed by atoms with Crippen LogP contribution in [0.5, 0.6) is 0 Å². The van der Waals surface area contributed by atoms with Gasteiger partial charge in [-0.25, -0.2) is 4.98 Å². The first kappa shape index (κ1) is 34.1. The highest BCUT2D eigenvalue weighted by atomic mass is 32.2. The van der Waals surface area contributed by atoms with Crippen LogP contribution in [-0.4, -0.2) is 24.1 Å². The predicted octanol–water partition coefficient (Wildman–Crippen LogP) is 14.4. The molecule has 0 N–H and O–H groups in total. The fraction of sp³-hybridized carbons (Fsp3) is 0. The van der Waals surface area contributed by atoms with Crippen LogP contribution < -0.4 is 0 Å². The van der Waals surface area contributed by atoms with Gasteiger partial charge in [-0.3, -0.25) is 4.57 Å². The van der Waals surface area contributed by atoms with Crippen molar-refractivity contribution in [2.45, 2.75) is 9.79 Å². The van der Waals surface area contributed by atoms with Crippen molar-refractivity contribution in [1.82, 2.24) is 24.1 Å². The van der Waals surface area contributed by atoms with Gasteiger partial charge in [-0.1, -0.05) is 163 Å². The summed E-state index contributed by atoms with van der Waals surface area (Å²) in [7, 11) is 0. The highest BCUT2D eigenvalue weighted by Gasteiger charge is 2.25. The van der Waals surface area contributed by atoms with Crippen LogP contribution in [-0.2, 0) is 0 Å². The zero-order valence-electron chi connectivity index (χ0n) is 32.7. The Hall–Kier alpha value is -7.80. The van der Waals surface area contributed by atoms with Crippen molar-refractivity contribution in [3.8, 4) is 56.7 Å². The van der Waals surface area contributed by atoms with E-state index >= 15 is 0 Å². The molecule has 6 heteroatoms. The van der Waals surface area contributed by atoms with Crippen LogP contribution in [0.1, 0.15) is 0 Å². The van der Waals surface area contributed by atoms with Crippen molar-refractivity contribution < 1.29 is 0 Å². The Labute approximate surface area is 355 Å². The Bertz CT molecular complexity index is 3660. The molecule has 0 bridgehead atoms. The first-order valence-corrected chi connectivity index (χ1v) is 21.3. The minimum absolute atomic E-state index is 0.580. The van der Waals surface area contributed by atoms with Gasteiger partial charge < -0.3 is 4.57 Å². The monoisotopic (exact) mass is 795 g/mol. The lowest BCUT2D eigenvalue weighted by Crippen LogP contribution is -2.06.